The third-order valence-corrected chi connectivity index (χ3v) is 10.9. The molecular weight excluding hydrogens is 876 g/mol. The van der Waals surface area contributed by atoms with Crippen LogP contribution >= 0.6 is 11.3 Å². The molecule has 0 saturated carbocycles. The SMILES string of the molecule is C1=C[N-]C(N[CH-]Cc2ccccc2)C=C1.Cc1c(-c2ccc(CC(C)(C)C(F)(F)F)cc2)sc2c(-c3[c-]c4ccccc4c(C(C)(C)C)c3)nccc12.[Ir+3]. The number of benzene rings is 4. The quantitative estimate of drug-likeness (QED) is 0.155. The summed E-state index contributed by atoms with van der Waals surface area (Å²) in [5, 5.41) is 10.9. The van der Waals surface area contributed by atoms with Gasteiger partial charge in [0.2, 0.25) is 0 Å². The first-order valence-electron chi connectivity index (χ1n) is 17.9. The zero-order valence-electron chi connectivity index (χ0n) is 31.4. The van der Waals surface area contributed by atoms with Crippen LogP contribution in [0.2, 0.25) is 0 Å². The van der Waals surface area contributed by atoms with Crippen LogP contribution in [0.4, 0.5) is 13.2 Å². The molecule has 7 rings (SSSR count). The molecule has 3 nitrogen and oxygen atoms in total. The van der Waals surface area contributed by atoms with Crippen molar-refractivity contribution in [2.45, 2.75) is 72.1 Å². The number of rotatable bonds is 8. The first-order chi connectivity index (χ1) is 25.2. The number of allylic oxidation sites excluding steroid dienone is 2. The van der Waals surface area contributed by atoms with E-state index in [0.29, 0.717) is 5.56 Å². The van der Waals surface area contributed by atoms with Crippen molar-refractivity contribution in [3.8, 4) is 21.7 Å². The molecule has 0 spiro atoms. The van der Waals surface area contributed by atoms with Crippen LogP contribution in [0.5, 0.6) is 0 Å². The molecule has 8 heteroatoms. The van der Waals surface area contributed by atoms with E-state index in [-0.39, 0.29) is 38.1 Å². The number of aromatic nitrogens is 1. The monoisotopic (exact) mass is 921 g/mol. The number of pyridine rings is 1. The van der Waals surface area contributed by atoms with E-state index >= 15 is 0 Å². The average molecular weight is 921 g/mol. The Hall–Kier alpha value is -4.07. The molecule has 1 atom stereocenters. The van der Waals surface area contributed by atoms with Gasteiger partial charge in [0.05, 0.1) is 5.41 Å². The largest absolute Gasteiger partial charge is 3.00 e. The fourth-order valence-corrected chi connectivity index (χ4v) is 7.71. The minimum Gasteiger partial charge on any atom is -0.675 e. The van der Waals surface area contributed by atoms with Gasteiger partial charge in [0.25, 0.3) is 0 Å². The average Bonchev–Trinajstić information content (AvgIpc) is 3.48. The van der Waals surface area contributed by atoms with Crippen LogP contribution in [0, 0.1) is 24.9 Å². The summed E-state index contributed by atoms with van der Waals surface area (Å²) < 4.78 is 41.2. The molecule has 0 radical (unpaired) electrons. The second kappa shape index (κ2) is 17.2. The Labute approximate surface area is 335 Å². The van der Waals surface area contributed by atoms with E-state index in [0.717, 1.165) is 49.2 Å². The molecule has 1 aliphatic heterocycles. The van der Waals surface area contributed by atoms with E-state index in [4.69, 9.17) is 4.98 Å². The molecule has 0 amide bonds. The van der Waals surface area contributed by atoms with E-state index in [1.54, 1.807) is 11.3 Å². The molecule has 54 heavy (non-hydrogen) atoms. The first-order valence-corrected chi connectivity index (χ1v) is 18.7. The minimum atomic E-state index is -4.25. The number of alkyl halides is 3. The van der Waals surface area contributed by atoms with Crippen molar-refractivity contribution < 1.29 is 33.3 Å². The summed E-state index contributed by atoms with van der Waals surface area (Å²) in [6.07, 6.45) is 6.34. The molecule has 3 heterocycles. The summed E-state index contributed by atoms with van der Waals surface area (Å²) in [5.41, 5.74) is 5.44. The van der Waals surface area contributed by atoms with E-state index < -0.39 is 11.6 Å². The van der Waals surface area contributed by atoms with Crippen molar-refractivity contribution in [3.63, 3.8) is 0 Å². The molecule has 0 fully saturated rings. The van der Waals surface area contributed by atoms with Crippen LogP contribution in [0.25, 0.3) is 47.9 Å². The van der Waals surface area contributed by atoms with Crippen LogP contribution in [0.3, 0.4) is 0 Å². The summed E-state index contributed by atoms with van der Waals surface area (Å²) in [6, 6.07) is 34.1. The van der Waals surface area contributed by atoms with Gasteiger partial charge in [-0.15, -0.1) is 46.9 Å². The first kappa shape index (κ1) is 41.1. The Morgan fingerprint density at radius 3 is 2.22 bits per heavy atom. The maximum atomic E-state index is 13.4. The van der Waals surface area contributed by atoms with Crippen LogP contribution in [0.1, 0.15) is 56.9 Å². The zero-order chi connectivity index (χ0) is 37.8. The van der Waals surface area contributed by atoms with E-state index in [2.05, 4.69) is 92.9 Å². The van der Waals surface area contributed by atoms with Gasteiger partial charge in [-0.3, -0.25) is 11.5 Å². The number of nitrogens with zero attached hydrogens (tertiary/aromatic N) is 2. The number of nitrogens with one attached hydrogen (secondary N) is 1. The van der Waals surface area contributed by atoms with Crippen molar-refractivity contribution in [3.05, 3.63) is 162 Å². The van der Waals surface area contributed by atoms with Crippen LogP contribution in [-0.2, 0) is 38.4 Å². The third-order valence-electron chi connectivity index (χ3n) is 9.53. The molecule has 6 aromatic rings. The Kier molecular flexibility index (Phi) is 13.1. The smallest absolute Gasteiger partial charge is 0.675 e. The zero-order valence-corrected chi connectivity index (χ0v) is 34.6. The van der Waals surface area contributed by atoms with E-state index in [1.165, 1.54) is 30.4 Å². The fourth-order valence-electron chi connectivity index (χ4n) is 6.40. The van der Waals surface area contributed by atoms with Crippen LogP contribution in [-0.4, -0.2) is 17.3 Å². The predicted octanol–water partition coefficient (Wildman–Crippen LogP) is 13.1. The molecule has 0 saturated heterocycles. The second-order valence-corrected chi connectivity index (χ2v) is 16.1. The van der Waals surface area contributed by atoms with Crippen molar-refractivity contribution in [2.24, 2.45) is 5.41 Å². The van der Waals surface area contributed by atoms with Crippen molar-refractivity contribution >= 4 is 32.2 Å². The molecule has 1 unspecified atom stereocenters. The number of hydrogen-bond acceptors (Lipinski definition) is 3. The summed E-state index contributed by atoms with van der Waals surface area (Å²) in [7, 11) is 0. The fraction of sp³-hybridized carbons (Fsp3) is 0.261. The maximum Gasteiger partial charge on any atom is 3.00 e. The minimum absolute atomic E-state index is 0. The Morgan fingerprint density at radius 2 is 1.56 bits per heavy atom. The van der Waals surface area contributed by atoms with Crippen molar-refractivity contribution in [2.75, 3.05) is 0 Å². The molecule has 1 N–H and O–H groups in total. The van der Waals surface area contributed by atoms with Gasteiger partial charge in [-0.1, -0.05) is 148 Å². The van der Waals surface area contributed by atoms with E-state index in [9.17, 15) is 13.2 Å². The molecule has 0 bridgehead atoms. The molecule has 4 aromatic carbocycles. The summed E-state index contributed by atoms with van der Waals surface area (Å²) in [4.78, 5) is 5.91. The van der Waals surface area contributed by atoms with Gasteiger partial charge in [-0.05, 0) is 46.9 Å². The third kappa shape index (κ3) is 9.59. The Balaban J connectivity index is 0.000000293. The molecule has 1 aliphatic rings. The normalized spacial score (nSPS) is 14.4. The Morgan fingerprint density at radius 1 is 0.852 bits per heavy atom. The molecule has 0 aliphatic carbocycles. The molecule has 2 aromatic heterocycles. The van der Waals surface area contributed by atoms with Crippen molar-refractivity contribution in [1.82, 2.24) is 10.3 Å². The van der Waals surface area contributed by atoms with Crippen LogP contribution in [0.15, 0.2) is 122 Å². The van der Waals surface area contributed by atoms with Gasteiger partial charge in [0.15, 0.2) is 0 Å². The van der Waals surface area contributed by atoms with Gasteiger partial charge in [0, 0.05) is 21.5 Å². The number of aryl methyl sites for hydroxylation is 1. The standard InChI is InChI=1S/C33H31F3NS.C13H14N2.Ir/c1-20-25-15-16-37-28(24-17-23-9-7-8-10-26(23)27(18-24)31(2,3)4)30(25)38-29(20)22-13-11-21(12-14-22)19-32(5,6)33(34,35)36;1-2-6-12(7-3-1)9-11-15-13-8-4-5-10-14-13;/h7-16,18H,19H2,1-6H3;1-8,10-11,13,15H,9H2;/q-1;-2;+3. The van der Waals surface area contributed by atoms with Gasteiger partial charge in [0.1, 0.15) is 0 Å². The van der Waals surface area contributed by atoms with Crippen molar-refractivity contribution in [1.29, 1.82) is 0 Å². The maximum absolute atomic E-state index is 13.4. The summed E-state index contributed by atoms with van der Waals surface area (Å²) >= 11 is 1.68. The molecular formula is C46H45F3IrN3S. The van der Waals surface area contributed by atoms with Gasteiger partial charge in [-0.2, -0.15) is 19.4 Å². The topological polar surface area (TPSA) is 39.0 Å². The number of fused-ring (bicyclic) bond motifs is 2. The van der Waals surface area contributed by atoms with Gasteiger partial charge >= 0.3 is 26.3 Å². The molecule has 280 valence electrons. The second-order valence-electron chi connectivity index (χ2n) is 15.1. The summed E-state index contributed by atoms with van der Waals surface area (Å²) in [5.74, 6) is 0. The van der Waals surface area contributed by atoms with Gasteiger partial charge < -0.3 is 10.6 Å². The van der Waals surface area contributed by atoms with E-state index in [1.807, 2.05) is 79.6 Å². The van der Waals surface area contributed by atoms with Gasteiger partial charge in [-0.25, -0.2) is 0 Å². The number of halogens is 3. The summed E-state index contributed by atoms with van der Waals surface area (Å²) in [6.45, 7) is 13.3. The predicted molar refractivity (Wildman–Crippen MR) is 217 cm³/mol. The number of hydrogen-bond donors (Lipinski definition) is 1. The Bertz CT molecular complexity index is 2230. The number of thiophene rings is 1. The van der Waals surface area contributed by atoms with Crippen LogP contribution < -0.4 is 5.32 Å².